The molecular formula is C20H24N2O4. The van der Waals surface area contributed by atoms with E-state index in [4.69, 9.17) is 9.47 Å². The summed E-state index contributed by atoms with van der Waals surface area (Å²) in [6, 6.07) is 14.1. The first-order valence-electron chi connectivity index (χ1n) is 8.47. The number of urea groups is 1. The number of carbonyl (C=O) groups excluding carboxylic acids is 2. The number of esters is 1. The molecule has 6 heteroatoms. The summed E-state index contributed by atoms with van der Waals surface area (Å²) in [6.07, 6.45) is 0. The summed E-state index contributed by atoms with van der Waals surface area (Å²) in [6.45, 7) is 4.88. The van der Waals surface area contributed by atoms with Gasteiger partial charge in [-0.15, -0.1) is 0 Å². The van der Waals surface area contributed by atoms with Crippen molar-refractivity contribution in [3.05, 3.63) is 59.7 Å². The molecule has 138 valence electrons. The molecule has 2 aromatic rings. The van der Waals surface area contributed by atoms with Gasteiger partial charge in [-0.2, -0.15) is 0 Å². The highest BCUT2D eigenvalue weighted by Gasteiger charge is 2.13. The maximum atomic E-state index is 12.0. The highest BCUT2D eigenvalue weighted by Crippen LogP contribution is 2.25. The number of rotatable bonds is 7. The average molecular weight is 356 g/mol. The second-order valence-corrected chi connectivity index (χ2v) is 5.96. The number of anilines is 1. The molecule has 0 atom stereocenters. The first kappa shape index (κ1) is 19.3. The Kier molecular flexibility index (Phi) is 7.02. The summed E-state index contributed by atoms with van der Waals surface area (Å²) < 4.78 is 10.5. The van der Waals surface area contributed by atoms with Gasteiger partial charge in [-0.25, -0.2) is 9.59 Å². The minimum absolute atomic E-state index is 0.298. The number of carbonyl (C=O) groups is 2. The van der Waals surface area contributed by atoms with E-state index < -0.39 is 12.0 Å². The molecule has 0 aliphatic carbocycles. The van der Waals surface area contributed by atoms with Gasteiger partial charge in [-0.05, 0) is 29.7 Å². The Morgan fingerprint density at radius 2 is 1.73 bits per heavy atom. The van der Waals surface area contributed by atoms with Gasteiger partial charge < -0.3 is 20.1 Å². The molecule has 2 N–H and O–H groups in total. The first-order valence-corrected chi connectivity index (χ1v) is 8.47. The SMILES string of the molecule is COC(=O)c1ccccc1NC(=O)NCCOc1ccccc1C(C)C. The Balaban J connectivity index is 1.84. The Morgan fingerprint density at radius 3 is 2.46 bits per heavy atom. The highest BCUT2D eigenvalue weighted by molar-refractivity contribution is 6.00. The molecule has 2 amide bonds. The van der Waals surface area contributed by atoms with Crippen LogP contribution in [-0.2, 0) is 4.74 Å². The molecule has 2 aromatic carbocycles. The normalized spacial score (nSPS) is 10.3. The quantitative estimate of drug-likeness (QED) is 0.584. The third kappa shape index (κ3) is 5.24. The van der Waals surface area contributed by atoms with Crippen LogP contribution in [0, 0.1) is 0 Å². The van der Waals surface area contributed by atoms with Crippen LogP contribution in [-0.4, -0.2) is 32.3 Å². The van der Waals surface area contributed by atoms with Gasteiger partial charge in [0.15, 0.2) is 0 Å². The molecule has 6 nitrogen and oxygen atoms in total. The summed E-state index contributed by atoms with van der Waals surface area (Å²) in [5.41, 5.74) is 1.82. The number of ether oxygens (including phenoxy) is 2. The lowest BCUT2D eigenvalue weighted by molar-refractivity contribution is 0.0602. The number of hydrogen-bond donors (Lipinski definition) is 2. The standard InChI is InChI=1S/C20H24N2O4/c1-14(2)15-8-5-7-11-18(15)26-13-12-21-20(24)22-17-10-6-4-9-16(17)19(23)25-3/h4-11,14H,12-13H2,1-3H3,(H2,21,22,24). The summed E-state index contributed by atoms with van der Waals surface area (Å²) >= 11 is 0. The molecular weight excluding hydrogens is 332 g/mol. The van der Waals surface area contributed by atoms with Crippen molar-refractivity contribution in [1.82, 2.24) is 5.32 Å². The molecule has 0 aromatic heterocycles. The van der Waals surface area contributed by atoms with Crippen molar-refractivity contribution in [2.75, 3.05) is 25.6 Å². The van der Waals surface area contributed by atoms with Gasteiger partial charge in [0.05, 0.1) is 24.9 Å². The minimum atomic E-state index is -0.505. The highest BCUT2D eigenvalue weighted by atomic mass is 16.5. The predicted molar refractivity (Wildman–Crippen MR) is 101 cm³/mol. The van der Waals surface area contributed by atoms with E-state index in [1.54, 1.807) is 24.3 Å². The fraction of sp³-hybridized carbons (Fsp3) is 0.300. The van der Waals surface area contributed by atoms with Crippen LogP contribution in [0.3, 0.4) is 0 Å². The molecule has 0 saturated heterocycles. The summed E-state index contributed by atoms with van der Waals surface area (Å²) in [5, 5.41) is 5.35. The molecule has 0 aliphatic rings. The van der Waals surface area contributed by atoms with E-state index in [2.05, 4.69) is 24.5 Å². The van der Waals surface area contributed by atoms with Crippen molar-refractivity contribution in [1.29, 1.82) is 0 Å². The Labute approximate surface area is 153 Å². The predicted octanol–water partition coefficient (Wildman–Crippen LogP) is 3.80. The van der Waals surface area contributed by atoms with Crippen LogP contribution in [0.25, 0.3) is 0 Å². The lowest BCUT2D eigenvalue weighted by atomic mass is 10.0. The third-order valence-corrected chi connectivity index (χ3v) is 3.77. The van der Waals surface area contributed by atoms with Gasteiger partial charge in [0.2, 0.25) is 0 Å². The van der Waals surface area contributed by atoms with Gasteiger partial charge in [0, 0.05) is 0 Å². The van der Waals surface area contributed by atoms with Crippen LogP contribution >= 0.6 is 0 Å². The largest absolute Gasteiger partial charge is 0.491 e. The van der Waals surface area contributed by atoms with Crippen LogP contribution in [0.15, 0.2) is 48.5 Å². The molecule has 0 fully saturated rings. The van der Waals surface area contributed by atoms with Crippen LogP contribution in [0.4, 0.5) is 10.5 Å². The molecule has 26 heavy (non-hydrogen) atoms. The maximum Gasteiger partial charge on any atom is 0.339 e. The number of methoxy groups -OCH3 is 1. The Hall–Kier alpha value is -3.02. The number of benzene rings is 2. The molecule has 0 heterocycles. The topological polar surface area (TPSA) is 76.7 Å². The second-order valence-electron chi connectivity index (χ2n) is 5.96. The van der Waals surface area contributed by atoms with Crippen LogP contribution in [0.2, 0.25) is 0 Å². The lowest BCUT2D eigenvalue weighted by Crippen LogP contribution is -2.32. The fourth-order valence-corrected chi connectivity index (χ4v) is 2.46. The van der Waals surface area contributed by atoms with Crippen molar-refractivity contribution in [2.45, 2.75) is 19.8 Å². The zero-order valence-electron chi connectivity index (χ0n) is 15.2. The van der Waals surface area contributed by atoms with E-state index in [-0.39, 0.29) is 0 Å². The zero-order chi connectivity index (χ0) is 18.9. The van der Waals surface area contributed by atoms with E-state index in [0.717, 1.165) is 11.3 Å². The van der Waals surface area contributed by atoms with Gasteiger partial charge in [0.25, 0.3) is 0 Å². The van der Waals surface area contributed by atoms with Crippen LogP contribution in [0.1, 0.15) is 35.7 Å². The smallest absolute Gasteiger partial charge is 0.339 e. The lowest BCUT2D eigenvalue weighted by Gasteiger charge is -2.14. The second kappa shape index (κ2) is 9.46. The zero-order valence-corrected chi connectivity index (χ0v) is 15.2. The molecule has 0 bridgehead atoms. The first-order chi connectivity index (χ1) is 12.5. The Morgan fingerprint density at radius 1 is 1.04 bits per heavy atom. The molecule has 0 saturated carbocycles. The van der Waals surface area contributed by atoms with Crippen molar-refractivity contribution in [3.8, 4) is 5.75 Å². The van der Waals surface area contributed by atoms with E-state index in [0.29, 0.717) is 30.3 Å². The van der Waals surface area contributed by atoms with Crippen LogP contribution in [0.5, 0.6) is 5.75 Å². The van der Waals surface area contributed by atoms with Gasteiger partial charge in [0.1, 0.15) is 12.4 Å². The van der Waals surface area contributed by atoms with Gasteiger partial charge in [-0.1, -0.05) is 44.2 Å². The van der Waals surface area contributed by atoms with E-state index in [1.165, 1.54) is 7.11 Å². The van der Waals surface area contributed by atoms with Gasteiger partial charge >= 0.3 is 12.0 Å². The molecule has 2 rings (SSSR count). The molecule has 0 aliphatic heterocycles. The third-order valence-electron chi connectivity index (χ3n) is 3.77. The minimum Gasteiger partial charge on any atom is -0.491 e. The maximum absolute atomic E-state index is 12.0. The Bertz CT molecular complexity index is 759. The van der Waals surface area contributed by atoms with E-state index >= 15 is 0 Å². The number of hydrogen-bond acceptors (Lipinski definition) is 4. The number of nitrogens with one attached hydrogen (secondary N) is 2. The van der Waals surface area contributed by atoms with Crippen LogP contribution < -0.4 is 15.4 Å². The van der Waals surface area contributed by atoms with E-state index in [9.17, 15) is 9.59 Å². The van der Waals surface area contributed by atoms with Crippen molar-refractivity contribution in [3.63, 3.8) is 0 Å². The summed E-state index contributed by atoms with van der Waals surface area (Å²) in [4.78, 5) is 23.7. The van der Waals surface area contributed by atoms with E-state index in [1.807, 2.05) is 24.3 Å². The monoisotopic (exact) mass is 356 g/mol. The molecule has 0 spiro atoms. The van der Waals surface area contributed by atoms with Crippen molar-refractivity contribution >= 4 is 17.7 Å². The average Bonchev–Trinajstić information content (AvgIpc) is 2.65. The summed E-state index contributed by atoms with van der Waals surface area (Å²) in [5.74, 6) is 0.674. The molecule has 0 radical (unpaired) electrons. The van der Waals surface area contributed by atoms with Crippen molar-refractivity contribution < 1.29 is 19.1 Å². The number of para-hydroxylation sites is 2. The van der Waals surface area contributed by atoms with Gasteiger partial charge in [-0.3, -0.25) is 0 Å². The van der Waals surface area contributed by atoms with Crippen molar-refractivity contribution in [2.24, 2.45) is 0 Å². The number of amides is 2. The summed E-state index contributed by atoms with van der Waals surface area (Å²) in [7, 11) is 1.30. The fourth-order valence-electron chi connectivity index (χ4n) is 2.46. The molecule has 0 unspecified atom stereocenters.